The molecule has 4 aromatic rings. The largest absolute Gasteiger partial charge is 0.384 e. The number of hydrogen-bond donors (Lipinski definition) is 2. The Labute approximate surface area is 221 Å². The van der Waals surface area contributed by atoms with Crippen LogP contribution in [0.4, 0.5) is 11.6 Å². The third-order valence-corrected chi connectivity index (χ3v) is 6.77. The van der Waals surface area contributed by atoms with Gasteiger partial charge in [-0.15, -0.1) is 6.58 Å². The van der Waals surface area contributed by atoms with Crippen LogP contribution in [0.1, 0.15) is 25.1 Å². The molecule has 0 bridgehead atoms. The molecule has 0 radical (unpaired) electrons. The fourth-order valence-corrected chi connectivity index (χ4v) is 4.58. The molecular formula is C28H34N8O2. The van der Waals surface area contributed by atoms with Crippen LogP contribution < -0.4 is 10.9 Å². The van der Waals surface area contributed by atoms with Crippen LogP contribution in [0.3, 0.4) is 0 Å². The number of nitrogens with zero attached hydrogens (tertiary/aromatic N) is 7. The van der Waals surface area contributed by atoms with Gasteiger partial charge < -0.3 is 15.3 Å². The minimum atomic E-state index is -1.14. The highest BCUT2D eigenvalue weighted by molar-refractivity contribution is 5.77. The van der Waals surface area contributed by atoms with E-state index in [1.165, 1.54) is 16.4 Å². The Morgan fingerprint density at radius 3 is 2.50 bits per heavy atom. The van der Waals surface area contributed by atoms with Gasteiger partial charge in [-0.25, -0.2) is 19.3 Å². The van der Waals surface area contributed by atoms with Crippen LogP contribution in [0.15, 0.2) is 66.1 Å². The summed E-state index contributed by atoms with van der Waals surface area (Å²) in [6.45, 7) is 12.7. The Kier molecular flexibility index (Phi) is 7.11. The highest BCUT2D eigenvalue weighted by atomic mass is 16.3. The van der Waals surface area contributed by atoms with Gasteiger partial charge in [-0.1, -0.05) is 24.3 Å². The Bertz CT molecular complexity index is 1490. The maximum atomic E-state index is 13.2. The van der Waals surface area contributed by atoms with Crippen LogP contribution in [-0.4, -0.2) is 72.4 Å². The molecule has 0 unspecified atom stereocenters. The second-order valence-corrected chi connectivity index (χ2v) is 10.3. The van der Waals surface area contributed by atoms with Crippen molar-refractivity contribution in [1.29, 1.82) is 0 Å². The molecule has 0 aliphatic carbocycles. The van der Waals surface area contributed by atoms with E-state index in [1.54, 1.807) is 42.8 Å². The summed E-state index contributed by atoms with van der Waals surface area (Å²) < 4.78 is 3.17. The zero-order chi connectivity index (χ0) is 26.9. The summed E-state index contributed by atoms with van der Waals surface area (Å²) in [6, 6.07) is 13.6. The second kappa shape index (κ2) is 10.5. The minimum Gasteiger partial charge on any atom is -0.384 e. The molecule has 0 spiro atoms. The first-order valence-electron chi connectivity index (χ1n) is 12.8. The molecule has 10 heteroatoms. The lowest BCUT2D eigenvalue weighted by molar-refractivity contribution is 0.0738. The molecule has 2 N–H and O–H groups in total. The van der Waals surface area contributed by atoms with Crippen molar-refractivity contribution in [2.45, 2.75) is 32.5 Å². The second-order valence-electron chi connectivity index (χ2n) is 10.3. The molecule has 5 rings (SSSR count). The molecule has 198 valence electrons. The predicted molar refractivity (Wildman–Crippen MR) is 149 cm³/mol. The molecule has 10 nitrogen and oxygen atoms in total. The molecule has 1 saturated heterocycles. The van der Waals surface area contributed by atoms with Crippen molar-refractivity contribution in [1.82, 2.24) is 34.1 Å². The minimum absolute atomic E-state index is 0.241. The molecule has 1 fully saturated rings. The van der Waals surface area contributed by atoms with Gasteiger partial charge in [-0.2, -0.15) is 4.98 Å². The first-order valence-corrected chi connectivity index (χ1v) is 12.8. The number of benzene rings is 1. The molecule has 0 atom stereocenters. The standard InChI is InChI=1S/C28H34N8O2/c1-5-13-35-26(37)22-18-29-27(32-25(22)36(35)24-8-6-7-23(31-24)28(2,3)38)30-21-11-9-20(10-12-21)19-34-16-14-33(4)15-17-34/h5-12,18,38H,1,13-17,19H2,2-4H3,(H,29,30,32). The third kappa shape index (κ3) is 5.38. The van der Waals surface area contributed by atoms with E-state index in [0.717, 1.165) is 38.4 Å². The number of anilines is 2. The van der Waals surface area contributed by atoms with Gasteiger partial charge in [0.15, 0.2) is 11.5 Å². The lowest BCUT2D eigenvalue weighted by Gasteiger charge is -2.32. The van der Waals surface area contributed by atoms with Gasteiger partial charge in [-0.3, -0.25) is 9.69 Å². The number of hydrogen-bond acceptors (Lipinski definition) is 8. The maximum Gasteiger partial charge on any atom is 0.278 e. The molecular weight excluding hydrogens is 480 g/mol. The Balaban J connectivity index is 1.45. The average Bonchev–Trinajstić information content (AvgIpc) is 3.17. The fraction of sp³-hybridized carbons (Fsp3) is 0.357. The number of aliphatic hydroxyl groups is 1. The zero-order valence-corrected chi connectivity index (χ0v) is 22.1. The summed E-state index contributed by atoms with van der Waals surface area (Å²) in [6.07, 6.45) is 3.18. The lowest BCUT2D eigenvalue weighted by atomic mass is 10.1. The van der Waals surface area contributed by atoms with E-state index in [9.17, 15) is 9.90 Å². The van der Waals surface area contributed by atoms with Crippen molar-refractivity contribution in [3.63, 3.8) is 0 Å². The first kappa shape index (κ1) is 25.8. The molecule has 0 amide bonds. The van der Waals surface area contributed by atoms with Crippen molar-refractivity contribution >= 4 is 22.7 Å². The average molecular weight is 515 g/mol. The highest BCUT2D eigenvalue weighted by Gasteiger charge is 2.22. The number of nitrogens with one attached hydrogen (secondary N) is 1. The number of pyridine rings is 1. The molecule has 38 heavy (non-hydrogen) atoms. The molecule has 0 saturated carbocycles. The monoisotopic (exact) mass is 514 g/mol. The van der Waals surface area contributed by atoms with E-state index in [2.05, 4.69) is 50.8 Å². The number of aromatic nitrogens is 5. The van der Waals surface area contributed by atoms with E-state index in [0.29, 0.717) is 28.5 Å². The van der Waals surface area contributed by atoms with Gasteiger partial charge in [-0.05, 0) is 50.7 Å². The van der Waals surface area contributed by atoms with E-state index in [-0.39, 0.29) is 12.1 Å². The van der Waals surface area contributed by atoms with Crippen molar-refractivity contribution < 1.29 is 5.11 Å². The first-order chi connectivity index (χ1) is 18.2. The van der Waals surface area contributed by atoms with Crippen molar-refractivity contribution in [2.75, 3.05) is 38.5 Å². The van der Waals surface area contributed by atoms with Gasteiger partial charge in [0.05, 0.1) is 12.2 Å². The summed E-state index contributed by atoms with van der Waals surface area (Å²) in [7, 11) is 2.16. The quantitative estimate of drug-likeness (QED) is 0.346. The maximum absolute atomic E-state index is 13.2. The number of piperazine rings is 1. The Hall–Kier alpha value is -3.86. The fourth-order valence-electron chi connectivity index (χ4n) is 4.58. The summed E-state index contributed by atoms with van der Waals surface area (Å²) >= 11 is 0. The highest BCUT2D eigenvalue weighted by Crippen LogP contribution is 2.22. The zero-order valence-electron chi connectivity index (χ0n) is 22.1. The summed E-state index contributed by atoms with van der Waals surface area (Å²) in [5.74, 6) is 0.837. The van der Waals surface area contributed by atoms with E-state index >= 15 is 0 Å². The van der Waals surface area contributed by atoms with E-state index in [1.807, 2.05) is 12.1 Å². The molecule has 1 aliphatic rings. The van der Waals surface area contributed by atoms with Crippen LogP contribution in [0.2, 0.25) is 0 Å². The molecule has 1 aliphatic heterocycles. The summed E-state index contributed by atoms with van der Waals surface area (Å²) in [5, 5.41) is 14.1. The molecule has 1 aromatic carbocycles. The van der Waals surface area contributed by atoms with Crippen LogP contribution in [-0.2, 0) is 18.7 Å². The lowest BCUT2D eigenvalue weighted by Crippen LogP contribution is -2.43. The number of allylic oxidation sites excluding steroid dienone is 1. The van der Waals surface area contributed by atoms with Crippen LogP contribution in [0, 0.1) is 0 Å². The number of rotatable bonds is 8. The Morgan fingerprint density at radius 1 is 1.08 bits per heavy atom. The van der Waals surface area contributed by atoms with Crippen LogP contribution >= 0.6 is 0 Å². The van der Waals surface area contributed by atoms with Crippen molar-refractivity contribution in [2.24, 2.45) is 0 Å². The third-order valence-electron chi connectivity index (χ3n) is 6.77. The van der Waals surface area contributed by atoms with Crippen molar-refractivity contribution in [3.05, 3.63) is 82.9 Å². The van der Waals surface area contributed by atoms with Gasteiger partial charge in [0.1, 0.15) is 11.0 Å². The van der Waals surface area contributed by atoms with Crippen LogP contribution in [0.25, 0.3) is 16.9 Å². The van der Waals surface area contributed by atoms with Crippen LogP contribution in [0.5, 0.6) is 0 Å². The van der Waals surface area contributed by atoms with Gasteiger partial charge in [0.25, 0.3) is 5.56 Å². The Morgan fingerprint density at radius 2 is 1.82 bits per heavy atom. The van der Waals surface area contributed by atoms with Gasteiger partial charge >= 0.3 is 0 Å². The SMILES string of the molecule is C=CCn1c(=O)c2cnc(Nc3ccc(CN4CCN(C)CC4)cc3)nc2n1-c1cccc(C(C)(C)O)n1. The molecule has 3 aromatic heterocycles. The topological polar surface area (TPSA) is 104 Å². The predicted octanol–water partition coefficient (Wildman–Crippen LogP) is 2.88. The van der Waals surface area contributed by atoms with Crippen molar-refractivity contribution in [3.8, 4) is 5.82 Å². The molecule has 4 heterocycles. The number of fused-ring (bicyclic) bond motifs is 1. The summed E-state index contributed by atoms with van der Waals surface area (Å²) in [5.41, 5.74) is 1.63. The van der Waals surface area contributed by atoms with E-state index in [4.69, 9.17) is 4.98 Å². The number of likely N-dealkylation sites (N-methyl/N-ethyl adjacent to an activating group) is 1. The van der Waals surface area contributed by atoms with E-state index < -0.39 is 5.60 Å². The smallest absolute Gasteiger partial charge is 0.278 e. The van der Waals surface area contributed by atoms with Gasteiger partial charge in [0, 0.05) is 44.6 Å². The summed E-state index contributed by atoms with van der Waals surface area (Å²) in [4.78, 5) is 31.7. The van der Waals surface area contributed by atoms with Gasteiger partial charge in [0.2, 0.25) is 5.95 Å². The normalized spacial score (nSPS) is 15.2.